The minimum Gasteiger partial charge on any atom is -0.469 e. The van der Waals surface area contributed by atoms with Gasteiger partial charge in [-0.2, -0.15) is 0 Å². The second-order valence-corrected chi connectivity index (χ2v) is 6.01. The minimum absolute atomic E-state index is 0.169. The Labute approximate surface area is 154 Å². The summed E-state index contributed by atoms with van der Waals surface area (Å²) in [6.07, 6.45) is 4.19. The third kappa shape index (κ3) is 8.07. The molecule has 138 valence electrons. The van der Waals surface area contributed by atoms with E-state index in [1.807, 2.05) is 30.3 Å². The average molecular weight is 368 g/mol. The van der Waals surface area contributed by atoms with Crippen LogP contribution in [-0.2, 0) is 20.9 Å². The van der Waals surface area contributed by atoms with E-state index in [-0.39, 0.29) is 6.61 Å². The predicted octanol–water partition coefficient (Wildman–Crippen LogP) is 4.06. The highest BCUT2D eigenvalue weighted by Crippen LogP contribution is 2.16. The summed E-state index contributed by atoms with van der Waals surface area (Å²) in [5.41, 5.74) is 0.893. The zero-order chi connectivity index (χ0) is 18.5. The Bertz CT molecular complexity index is 535. The van der Waals surface area contributed by atoms with Crippen molar-refractivity contribution in [3.05, 3.63) is 48.6 Å². The van der Waals surface area contributed by atoms with Gasteiger partial charge in [0.15, 0.2) is 0 Å². The zero-order valence-corrected chi connectivity index (χ0v) is 15.3. The molecule has 0 aromatic heterocycles. The van der Waals surface area contributed by atoms with Crippen molar-refractivity contribution < 1.29 is 19.1 Å². The van der Waals surface area contributed by atoms with Crippen molar-refractivity contribution >= 4 is 23.7 Å². The molecule has 1 N–H and O–H groups in total. The Morgan fingerprint density at radius 3 is 2.56 bits per heavy atom. The first-order chi connectivity index (χ1) is 12.1. The quantitative estimate of drug-likeness (QED) is 0.277. The number of methoxy groups -OCH3 is 1. The number of hydrogen-bond donors (Lipinski definition) is 1. The number of amides is 1. The highest BCUT2D eigenvalue weighted by molar-refractivity contribution is 6.17. The van der Waals surface area contributed by atoms with Crippen LogP contribution in [-0.4, -0.2) is 31.1 Å². The Morgan fingerprint density at radius 1 is 1.24 bits per heavy atom. The number of esters is 1. The number of halogens is 1. The molecule has 1 aromatic rings. The Balaban J connectivity index is 2.61. The SMILES string of the molecule is C=CC(C(=O)OC)C(CCCCCCl)NC(=O)OCc1ccccc1. The van der Waals surface area contributed by atoms with Gasteiger partial charge in [-0.15, -0.1) is 18.2 Å². The van der Waals surface area contributed by atoms with Gasteiger partial charge in [-0.1, -0.05) is 49.2 Å². The van der Waals surface area contributed by atoms with E-state index < -0.39 is 24.0 Å². The standard InChI is InChI=1S/C19H26ClNO4/c1-3-16(18(22)24-2)17(12-8-5-9-13-20)21-19(23)25-14-15-10-6-4-7-11-15/h3-4,6-7,10-11,16-17H,1,5,8-9,12-14H2,2H3,(H,21,23). The molecule has 1 rings (SSSR count). The van der Waals surface area contributed by atoms with Crippen LogP contribution >= 0.6 is 11.6 Å². The average Bonchev–Trinajstić information content (AvgIpc) is 2.64. The van der Waals surface area contributed by atoms with Crippen LogP contribution in [0.3, 0.4) is 0 Å². The molecule has 2 atom stereocenters. The van der Waals surface area contributed by atoms with Gasteiger partial charge in [0.25, 0.3) is 0 Å². The van der Waals surface area contributed by atoms with E-state index in [0.29, 0.717) is 12.3 Å². The largest absolute Gasteiger partial charge is 0.469 e. The summed E-state index contributed by atoms with van der Waals surface area (Å²) in [6.45, 7) is 3.85. The Hall–Kier alpha value is -2.01. The van der Waals surface area contributed by atoms with Crippen LogP contribution in [0.1, 0.15) is 31.2 Å². The van der Waals surface area contributed by atoms with Gasteiger partial charge < -0.3 is 14.8 Å². The molecule has 0 aliphatic rings. The Morgan fingerprint density at radius 2 is 1.96 bits per heavy atom. The fourth-order valence-electron chi connectivity index (χ4n) is 2.45. The van der Waals surface area contributed by atoms with Gasteiger partial charge in [0.05, 0.1) is 13.0 Å². The topological polar surface area (TPSA) is 64.6 Å². The van der Waals surface area contributed by atoms with Gasteiger partial charge in [0.1, 0.15) is 6.61 Å². The zero-order valence-electron chi connectivity index (χ0n) is 14.6. The maximum Gasteiger partial charge on any atom is 0.407 e. The second-order valence-electron chi connectivity index (χ2n) is 5.64. The molecule has 2 unspecified atom stereocenters. The molecule has 0 aliphatic heterocycles. The maximum atomic E-state index is 12.1. The van der Waals surface area contributed by atoms with Crippen molar-refractivity contribution in [3.8, 4) is 0 Å². The molecule has 0 spiro atoms. The molecule has 0 radical (unpaired) electrons. The van der Waals surface area contributed by atoms with E-state index in [2.05, 4.69) is 11.9 Å². The van der Waals surface area contributed by atoms with Crippen molar-refractivity contribution in [2.24, 2.45) is 5.92 Å². The van der Waals surface area contributed by atoms with Gasteiger partial charge in [0.2, 0.25) is 0 Å². The van der Waals surface area contributed by atoms with Crippen LogP contribution in [0.5, 0.6) is 0 Å². The number of rotatable bonds is 11. The van der Waals surface area contributed by atoms with E-state index in [1.54, 1.807) is 0 Å². The van der Waals surface area contributed by atoms with E-state index in [9.17, 15) is 9.59 Å². The van der Waals surface area contributed by atoms with Crippen LogP contribution in [0, 0.1) is 5.92 Å². The van der Waals surface area contributed by atoms with Gasteiger partial charge in [0, 0.05) is 11.9 Å². The number of unbranched alkanes of at least 4 members (excludes halogenated alkanes) is 2. The van der Waals surface area contributed by atoms with E-state index in [1.165, 1.54) is 13.2 Å². The lowest BCUT2D eigenvalue weighted by atomic mass is 9.94. The molecule has 0 bridgehead atoms. The number of nitrogens with one attached hydrogen (secondary N) is 1. The highest BCUT2D eigenvalue weighted by atomic mass is 35.5. The summed E-state index contributed by atoms with van der Waals surface area (Å²) < 4.78 is 10.0. The third-order valence-corrected chi connectivity index (χ3v) is 4.09. The summed E-state index contributed by atoms with van der Waals surface area (Å²) >= 11 is 5.68. The van der Waals surface area contributed by atoms with Crippen molar-refractivity contribution in [2.45, 2.75) is 38.3 Å². The van der Waals surface area contributed by atoms with E-state index >= 15 is 0 Å². The number of hydrogen-bond acceptors (Lipinski definition) is 4. The molecule has 5 nitrogen and oxygen atoms in total. The number of benzene rings is 1. The van der Waals surface area contributed by atoms with E-state index in [0.717, 1.165) is 24.8 Å². The smallest absolute Gasteiger partial charge is 0.407 e. The molecule has 0 saturated carbocycles. The first-order valence-corrected chi connectivity index (χ1v) is 8.89. The highest BCUT2D eigenvalue weighted by Gasteiger charge is 2.28. The van der Waals surface area contributed by atoms with Crippen LogP contribution in [0.4, 0.5) is 4.79 Å². The fraction of sp³-hybridized carbons (Fsp3) is 0.474. The molecule has 0 aliphatic carbocycles. The molecular weight excluding hydrogens is 342 g/mol. The normalized spacial score (nSPS) is 12.7. The summed E-state index contributed by atoms with van der Waals surface area (Å²) in [5, 5.41) is 2.76. The van der Waals surface area contributed by atoms with Gasteiger partial charge in [-0.3, -0.25) is 4.79 Å². The minimum atomic E-state index is -0.620. The number of alkyl halides is 1. The summed E-state index contributed by atoms with van der Waals surface area (Å²) in [4.78, 5) is 24.0. The third-order valence-electron chi connectivity index (χ3n) is 3.83. The molecule has 6 heteroatoms. The summed E-state index contributed by atoms with van der Waals surface area (Å²) in [5.74, 6) is -0.454. The molecule has 25 heavy (non-hydrogen) atoms. The molecule has 1 amide bonds. The van der Waals surface area contributed by atoms with Crippen molar-refractivity contribution in [3.63, 3.8) is 0 Å². The first-order valence-electron chi connectivity index (χ1n) is 8.36. The van der Waals surface area contributed by atoms with E-state index in [4.69, 9.17) is 21.1 Å². The summed E-state index contributed by atoms with van der Waals surface area (Å²) in [7, 11) is 1.32. The Kier molecular flexibility index (Phi) is 10.4. The van der Waals surface area contributed by atoms with Crippen LogP contribution < -0.4 is 5.32 Å². The predicted molar refractivity (Wildman–Crippen MR) is 98.4 cm³/mol. The van der Waals surface area contributed by atoms with Crippen molar-refractivity contribution in [2.75, 3.05) is 13.0 Å². The lowest BCUT2D eigenvalue weighted by Gasteiger charge is -2.23. The number of alkyl carbamates (subject to hydrolysis) is 1. The lowest BCUT2D eigenvalue weighted by molar-refractivity contribution is -0.144. The molecular formula is C19H26ClNO4. The van der Waals surface area contributed by atoms with Crippen LogP contribution in [0.25, 0.3) is 0 Å². The second kappa shape index (κ2) is 12.4. The molecule has 0 saturated heterocycles. The molecule has 0 fully saturated rings. The number of carbonyl (C=O) groups is 2. The van der Waals surface area contributed by atoms with Crippen LogP contribution in [0.2, 0.25) is 0 Å². The number of ether oxygens (including phenoxy) is 2. The number of carbonyl (C=O) groups excluding carboxylic acids is 2. The van der Waals surface area contributed by atoms with Gasteiger partial charge >= 0.3 is 12.1 Å². The first kappa shape index (κ1) is 21.0. The van der Waals surface area contributed by atoms with Crippen LogP contribution in [0.15, 0.2) is 43.0 Å². The molecule has 0 heterocycles. The van der Waals surface area contributed by atoms with Gasteiger partial charge in [-0.25, -0.2) is 4.79 Å². The monoisotopic (exact) mass is 367 g/mol. The molecule has 1 aromatic carbocycles. The summed E-state index contributed by atoms with van der Waals surface area (Å²) in [6, 6.07) is 8.97. The lowest BCUT2D eigenvalue weighted by Crippen LogP contribution is -2.43. The van der Waals surface area contributed by atoms with Gasteiger partial charge in [-0.05, 0) is 18.4 Å². The maximum absolute atomic E-state index is 12.1. The fourth-order valence-corrected chi connectivity index (χ4v) is 2.64. The van der Waals surface area contributed by atoms with Crippen molar-refractivity contribution in [1.82, 2.24) is 5.32 Å². The van der Waals surface area contributed by atoms with Crippen molar-refractivity contribution in [1.29, 1.82) is 0 Å².